The summed E-state index contributed by atoms with van der Waals surface area (Å²) in [5, 5.41) is 13.0. The fourth-order valence-corrected chi connectivity index (χ4v) is 2.87. The first-order chi connectivity index (χ1) is 9.78. The van der Waals surface area contributed by atoms with Gasteiger partial charge in [-0.25, -0.2) is 0 Å². The molecule has 0 radical (unpaired) electrons. The number of rotatable bonds is 9. The zero-order valence-electron chi connectivity index (χ0n) is 12.7. The number of nitrogens with one attached hydrogen (secondary N) is 1. The lowest BCUT2D eigenvalue weighted by Gasteiger charge is -2.36. The molecule has 0 bridgehead atoms. The van der Waals surface area contributed by atoms with Gasteiger partial charge in [-0.1, -0.05) is 13.3 Å². The van der Waals surface area contributed by atoms with E-state index in [0.29, 0.717) is 19.3 Å². The van der Waals surface area contributed by atoms with Crippen molar-refractivity contribution >= 4 is 0 Å². The van der Waals surface area contributed by atoms with Gasteiger partial charge < -0.3 is 9.47 Å². The summed E-state index contributed by atoms with van der Waals surface area (Å²) in [6, 6.07) is 3.09. The van der Waals surface area contributed by atoms with Crippen LogP contribution in [0, 0.1) is 11.3 Å². The minimum absolute atomic E-state index is 0.212. The number of nitrogens with zero attached hydrogens (tertiary/aromatic N) is 1. The summed E-state index contributed by atoms with van der Waals surface area (Å²) in [6.07, 6.45) is 8.89. The van der Waals surface area contributed by atoms with Crippen molar-refractivity contribution in [2.75, 3.05) is 19.8 Å². The zero-order chi connectivity index (χ0) is 14.3. The molecule has 2 fully saturated rings. The van der Waals surface area contributed by atoms with E-state index in [4.69, 9.17) is 9.47 Å². The Labute approximate surface area is 122 Å². The van der Waals surface area contributed by atoms with Gasteiger partial charge in [0.05, 0.1) is 25.4 Å². The van der Waals surface area contributed by atoms with Crippen LogP contribution in [0.25, 0.3) is 0 Å². The highest BCUT2D eigenvalue weighted by Crippen LogP contribution is 2.33. The predicted octanol–water partition coefficient (Wildman–Crippen LogP) is 2.78. The highest BCUT2D eigenvalue weighted by Gasteiger charge is 2.40. The highest BCUT2D eigenvalue weighted by atomic mass is 16.5. The molecule has 2 rings (SSSR count). The van der Waals surface area contributed by atoms with Crippen LogP contribution < -0.4 is 5.32 Å². The summed E-state index contributed by atoms with van der Waals surface area (Å²) in [5.74, 6) is 0. The van der Waals surface area contributed by atoms with Crippen LogP contribution in [0.2, 0.25) is 0 Å². The van der Waals surface area contributed by atoms with Crippen molar-refractivity contribution in [3.63, 3.8) is 0 Å². The van der Waals surface area contributed by atoms with E-state index < -0.39 is 0 Å². The Bertz CT molecular complexity index is 325. The monoisotopic (exact) mass is 280 g/mol. The molecule has 0 heterocycles. The SMILES string of the molecule is CCCCOCCOC1CCCC(C#N)(NC2CC2)C1. The summed E-state index contributed by atoms with van der Waals surface area (Å²) in [6.45, 7) is 4.32. The third-order valence-corrected chi connectivity index (χ3v) is 4.20. The lowest BCUT2D eigenvalue weighted by molar-refractivity contribution is -0.0226. The Morgan fingerprint density at radius 2 is 2.10 bits per heavy atom. The number of hydrogen-bond donors (Lipinski definition) is 1. The Hall–Kier alpha value is -0.630. The van der Waals surface area contributed by atoms with Gasteiger partial charge in [0.15, 0.2) is 0 Å². The molecular formula is C16H28N2O2. The molecule has 2 aliphatic carbocycles. The standard InChI is InChI=1S/C16H28N2O2/c1-2-3-9-19-10-11-20-15-5-4-8-16(12-15,13-17)18-14-6-7-14/h14-15,18H,2-12H2,1H3. The lowest BCUT2D eigenvalue weighted by atomic mass is 9.81. The quantitative estimate of drug-likeness (QED) is 0.660. The average molecular weight is 280 g/mol. The van der Waals surface area contributed by atoms with Crippen LogP contribution >= 0.6 is 0 Å². The number of unbranched alkanes of at least 4 members (excludes halogenated alkanes) is 1. The van der Waals surface area contributed by atoms with Gasteiger partial charge >= 0.3 is 0 Å². The second-order valence-electron chi connectivity index (χ2n) is 6.17. The first-order valence-electron chi connectivity index (χ1n) is 8.16. The second kappa shape index (κ2) is 7.97. The highest BCUT2D eigenvalue weighted by molar-refractivity contribution is 5.12. The molecule has 0 saturated heterocycles. The normalized spacial score (nSPS) is 30.1. The Morgan fingerprint density at radius 1 is 1.25 bits per heavy atom. The molecule has 2 atom stereocenters. The van der Waals surface area contributed by atoms with Crippen molar-refractivity contribution in [3.05, 3.63) is 0 Å². The Kier molecular flexibility index (Phi) is 6.28. The Balaban J connectivity index is 1.66. The molecule has 20 heavy (non-hydrogen) atoms. The van der Waals surface area contributed by atoms with E-state index in [0.717, 1.165) is 38.7 Å². The summed E-state index contributed by atoms with van der Waals surface area (Å²) < 4.78 is 11.4. The largest absolute Gasteiger partial charge is 0.379 e. The summed E-state index contributed by atoms with van der Waals surface area (Å²) in [7, 11) is 0. The van der Waals surface area contributed by atoms with E-state index in [1.807, 2.05) is 0 Å². The van der Waals surface area contributed by atoms with Crippen LogP contribution in [0.5, 0.6) is 0 Å². The van der Waals surface area contributed by atoms with Gasteiger partial charge in [-0.05, 0) is 38.5 Å². The summed E-state index contributed by atoms with van der Waals surface area (Å²) in [4.78, 5) is 0. The Morgan fingerprint density at radius 3 is 2.80 bits per heavy atom. The molecule has 4 nitrogen and oxygen atoms in total. The number of hydrogen-bond acceptors (Lipinski definition) is 4. The van der Waals surface area contributed by atoms with Crippen LogP contribution in [0.15, 0.2) is 0 Å². The molecule has 0 aromatic carbocycles. The number of ether oxygens (including phenoxy) is 2. The van der Waals surface area contributed by atoms with Gasteiger partial charge in [0.2, 0.25) is 0 Å². The van der Waals surface area contributed by atoms with Crippen molar-refractivity contribution in [1.29, 1.82) is 5.26 Å². The molecule has 0 aliphatic heterocycles. The third kappa shape index (κ3) is 5.05. The molecule has 1 N–H and O–H groups in total. The van der Waals surface area contributed by atoms with Crippen LogP contribution in [0.3, 0.4) is 0 Å². The van der Waals surface area contributed by atoms with Crippen LogP contribution in [0.4, 0.5) is 0 Å². The minimum Gasteiger partial charge on any atom is -0.379 e. The topological polar surface area (TPSA) is 54.3 Å². The average Bonchev–Trinajstić information content (AvgIpc) is 3.27. The van der Waals surface area contributed by atoms with Crippen molar-refractivity contribution in [2.45, 2.75) is 76.0 Å². The molecule has 0 spiro atoms. The van der Waals surface area contributed by atoms with E-state index in [2.05, 4.69) is 18.3 Å². The maximum atomic E-state index is 9.51. The van der Waals surface area contributed by atoms with Crippen molar-refractivity contribution in [1.82, 2.24) is 5.32 Å². The predicted molar refractivity (Wildman–Crippen MR) is 78.4 cm³/mol. The van der Waals surface area contributed by atoms with Crippen LogP contribution in [0.1, 0.15) is 58.3 Å². The van der Waals surface area contributed by atoms with Gasteiger partial charge in [-0.3, -0.25) is 5.32 Å². The fraction of sp³-hybridized carbons (Fsp3) is 0.938. The molecule has 2 aliphatic rings. The molecule has 4 heteroatoms. The van der Waals surface area contributed by atoms with Gasteiger partial charge in [-0.2, -0.15) is 5.26 Å². The smallest absolute Gasteiger partial charge is 0.109 e. The van der Waals surface area contributed by atoms with Crippen molar-refractivity contribution in [2.24, 2.45) is 0 Å². The summed E-state index contributed by atoms with van der Waals surface area (Å²) in [5.41, 5.74) is -0.340. The van der Waals surface area contributed by atoms with Crippen molar-refractivity contribution in [3.8, 4) is 6.07 Å². The second-order valence-corrected chi connectivity index (χ2v) is 6.17. The van der Waals surface area contributed by atoms with Gasteiger partial charge in [0.1, 0.15) is 5.54 Å². The zero-order valence-corrected chi connectivity index (χ0v) is 12.7. The molecule has 114 valence electrons. The first kappa shape index (κ1) is 15.8. The number of nitriles is 1. The van der Waals surface area contributed by atoms with Crippen LogP contribution in [-0.4, -0.2) is 37.5 Å². The molecular weight excluding hydrogens is 252 g/mol. The van der Waals surface area contributed by atoms with E-state index in [1.165, 1.54) is 19.3 Å². The van der Waals surface area contributed by atoms with Crippen molar-refractivity contribution < 1.29 is 9.47 Å². The molecule has 0 aromatic heterocycles. The summed E-state index contributed by atoms with van der Waals surface area (Å²) >= 11 is 0. The van der Waals surface area contributed by atoms with E-state index >= 15 is 0 Å². The van der Waals surface area contributed by atoms with E-state index in [-0.39, 0.29) is 11.6 Å². The van der Waals surface area contributed by atoms with E-state index in [1.54, 1.807) is 0 Å². The van der Waals surface area contributed by atoms with Gasteiger partial charge in [0.25, 0.3) is 0 Å². The first-order valence-corrected chi connectivity index (χ1v) is 8.16. The molecule has 2 saturated carbocycles. The maximum Gasteiger partial charge on any atom is 0.109 e. The molecule has 2 unspecified atom stereocenters. The van der Waals surface area contributed by atoms with Crippen LogP contribution in [-0.2, 0) is 9.47 Å². The maximum absolute atomic E-state index is 9.51. The minimum atomic E-state index is -0.340. The molecule has 0 aromatic rings. The third-order valence-electron chi connectivity index (χ3n) is 4.20. The van der Waals surface area contributed by atoms with E-state index in [9.17, 15) is 5.26 Å². The fourth-order valence-electron chi connectivity index (χ4n) is 2.87. The van der Waals surface area contributed by atoms with Gasteiger partial charge in [0, 0.05) is 19.1 Å². The van der Waals surface area contributed by atoms with Gasteiger partial charge in [-0.15, -0.1) is 0 Å². The molecule has 0 amide bonds. The lowest BCUT2D eigenvalue weighted by Crippen LogP contribution is -2.50.